The zero-order valence-corrected chi connectivity index (χ0v) is 12.8. The van der Waals surface area contributed by atoms with Gasteiger partial charge in [0.05, 0.1) is 26.4 Å². The van der Waals surface area contributed by atoms with Gasteiger partial charge in [-0.3, -0.25) is 9.69 Å². The van der Waals surface area contributed by atoms with E-state index in [0.29, 0.717) is 31.5 Å². The molecule has 4 aliphatic rings. The normalized spacial score (nSPS) is 37.5. The van der Waals surface area contributed by atoms with Crippen LogP contribution >= 0.6 is 0 Å². The highest BCUT2D eigenvalue weighted by Gasteiger charge is 2.53. The molecule has 5 heteroatoms. The molecule has 1 amide bonds. The van der Waals surface area contributed by atoms with E-state index in [0.717, 1.165) is 45.4 Å². The molecule has 0 aromatic carbocycles. The summed E-state index contributed by atoms with van der Waals surface area (Å²) in [5.41, 5.74) is 0.0883. The van der Waals surface area contributed by atoms with Crippen LogP contribution in [0.2, 0.25) is 0 Å². The van der Waals surface area contributed by atoms with Gasteiger partial charge in [-0.15, -0.1) is 0 Å². The molecule has 5 nitrogen and oxygen atoms in total. The molecule has 1 saturated carbocycles. The first kappa shape index (κ1) is 14.0. The number of hydrogen-bond donors (Lipinski definition) is 0. The van der Waals surface area contributed by atoms with Gasteiger partial charge >= 0.3 is 0 Å². The molecule has 0 aromatic heterocycles. The lowest BCUT2D eigenvalue weighted by Gasteiger charge is -2.37. The Balaban J connectivity index is 1.42. The van der Waals surface area contributed by atoms with Gasteiger partial charge in [0.25, 0.3) is 0 Å². The smallest absolute Gasteiger partial charge is 0.223 e. The van der Waals surface area contributed by atoms with Gasteiger partial charge in [-0.2, -0.15) is 0 Å². The average Bonchev–Trinajstić information content (AvgIpc) is 2.94. The lowest BCUT2D eigenvalue weighted by Crippen LogP contribution is -2.45. The molecule has 0 spiro atoms. The van der Waals surface area contributed by atoms with Crippen LogP contribution in [0, 0.1) is 11.3 Å². The van der Waals surface area contributed by atoms with Crippen molar-refractivity contribution in [3.05, 3.63) is 0 Å². The van der Waals surface area contributed by atoms with Gasteiger partial charge in [0.1, 0.15) is 0 Å². The van der Waals surface area contributed by atoms with E-state index >= 15 is 0 Å². The third-order valence-electron chi connectivity index (χ3n) is 6.01. The Morgan fingerprint density at radius 1 is 1.19 bits per heavy atom. The number of morpholine rings is 1. The highest BCUT2D eigenvalue weighted by molar-refractivity contribution is 5.77. The highest BCUT2D eigenvalue weighted by Crippen LogP contribution is 2.46. The fourth-order valence-electron chi connectivity index (χ4n) is 4.38. The Kier molecular flexibility index (Phi) is 3.67. The van der Waals surface area contributed by atoms with Crippen molar-refractivity contribution in [2.45, 2.75) is 31.7 Å². The number of nitrogens with zero attached hydrogens (tertiary/aromatic N) is 2. The average molecular weight is 294 g/mol. The summed E-state index contributed by atoms with van der Waals surface area (Å²) in [6, 6.07) is 0.783. The molecule has 0 radical (unpaired) electrons. The number of ether oxygens (including phenoxy) is 2. The minimum atomic E-state index is 0.0883. The van der Waals surface area contributed by atoms with Crippen molar-refractivity contribution in [3.8, 4) is 0 Å². The Bertz CT molecular complexity index is 406. The van der Waals surface area contributed by atoms with E-state index in [1.54, 1.807) is 0 Å². The van der Waals surface area contributed by atoms with Crippen LogP contribution < -0.4 is 0 Å². The maximum Gasteiger partial charge on any atom is 0.223 e. The summed E-state index contributed by atoms with van der Waals surface area (Å²) in [4.78, 5) is 17.3. The molecule has 3 saturated heterocycles. The van der Waals surface area contributed by atoms with Crippen molar-refractivity contribution in [2.75, 3.05) is 52.6 Å². The van der Waals surface area contributed by atoms with Crippen LogP contribution in [0.3, 0.4) is 0 Å². The number of carbonyl (C=O) groups is 1. The van der Waals surface area contributed by atoms with Crippen LogP contribution in [0.5, 0.6) is 0 Å². The molecule has 4 rings (SSSR count). The van der Waals surface area contributed by atoms with Gasteiger partial charge in [0, 0.05) is 50.0 Å². The van der Waals surface area contributed by atoms with E-state index in [2.05, 4.69) is 4.90 Å². The molecule has 2 atom stereocenters. The summed E-state index contributed by atoms with van der Waals surface area (Å²) in [7, 11) is 0. The van der Waals surface area contributed by atoms with Gasteiger partial charge in [0.15, 0.2) is 0 Å². The quantitative estimate of drug-likeness (QED) is 0.770. The fraction of sp³-hybridized carbons (Fsp3) is 0.938. The maximum absolute atomic E-state index is 12.6. The van der Waals surface area contributed by atoms with Crippen LogP contribution in [0.4, 0.5) is 0 Å². The van der Waals surface area contributed by atoms with Gasteiger partial charge < -0.3 is 14.4 Å². The van der Waals surface area contributed by atoms with E-state index in [1.165, 1.54) is 19.3 Å². The summed E-state index contributed by atoms with van der Waals surface area (Å²) in [5, 5.41) is 0. The second-order valence-electron chi connectivity index (χ2n) is 7.26. The number of fused-ring (bicyclic) bond motifs is 1. The number of hydrogen-bond acceptors (Lipinski definition) is 4. The number of carbonyl (C=O) groups excluding carboxylic acids is 1. The molecule has 0 aromatic rings. The maximum atomic E-state index is 12.6. The van der Waals surface area contributed by atoms with E-state index in [-0.39, 0.29) is 5.41 Å². The molecule has 21 heavy (non-hydrogen) atoms. The SMILES string of the molecule is O=C(C[C@]12COC[C@H]1CN(C1CCC1)C2)N1CCOCC1. The van der Waals surface area contributed by atoms with Gasteiger partial charge in [-0.1, -0.05) is 6.42 Å². The lowest BCUT2D eigenvalue weighted by molar-refractivity contribution is -0.138. The van der Waals surface area contributed by atoms with Crippen molar-refractivity contribution in [1.82, 2.24) is 9.80 Å². The molecule has 118 valence electrons. The molecule has 3 heterocycles. The van der Waals surface area contributed by atoms with Crippen molar-refractivity contribution < 1.29 is 14.3 Å². The predicted molar refractivity (Wildman–Crippen MR) is 78.0 cm³/mol. The molecule has 4 fully saturated rings. The third-order valence-corrected chi connectivity index (χ3v) is 6.01. The van der Waals surface area contributed by atoms with Gasteiger partial charge in [0.2, 0.25) is 5.91 Å². The zero-order valence-electron chi connectivity index (χ0n) is 12.8. The van der Waals surface area contributed by atoms with Crippen molar-refractivity contribution >= 4 is 5.91 Å². The summed E-state index contributed by atoms with van der Waals surface area (Å²) in [6.07, 6.45) is 4.74. The summed E-state index contributed by atoms with van der Waals surface area (Å²) in [5.74, 6) is 0.868. The minimum absolute atomic E-state index is 0.0883. The van der Waals surface area contributed by atoms with Crippen molar-refractivity contribution in [1.29, 1.82) is 0 Å². The predicted octanol–water partition coefficient (Wildman–Crippen LogP) is 0.736. The van der Waals surface area contributed by atoms with E-state index in [9.17, 15) is 4.79 Å². The number of amides is 1. The van der Waals surface area contributed by atoms with Crippen LogP contribution in [0.1, 0.15) is 25.7 Å². The monoisotopic (exact) mass is 294 g/mol. The van der Waals surface area contributed by atoms with Crippen LogP contribution in [-0.4, -0.2) is 74.4 Å². The summed E-state index contributed by atoms with van der Waals surface area (Å²) >= 11 is 0. The zero-order chi connectivity index (χ0) is 14.3. The molecule has 0 unspecified atom stereocenters. The number of likely N-dealkylation sites (tertiary alicyclic amines) is 1. The van der Waals surface area contributed by atoms with Crippen molar-refractivity contribution in [3.63, 3.8) is 0 Å². The van der Waals surface area contributed by atoms with Crippen LogP contribution in [0.15, 0.2) is 0 Å². The molecule has 0 N–H and O–H groups in total. The second kappa shape index (κ2) is 5.52. The first-order valence-corrected chi connectivity index (χ1v) is 8.44. The Morgan fingerprint density at radius 3 is 2.71 bits per heavy atom. The Hall–Kier alpha value is -0.650. The summed E-state index contributed by atoms with van der Waals surface area (Å²) in [6.45, 7) is 6.72. The first-order valence-electron chi connectivity index (χ1n) is 8.44. The van der Waals surface area contributed by atoms with E-state index in [1.807, 2.05) is 4.90 Å². The van der Waals surface area contributed by atoms with Gasteiger partial charge in [-0.25, -0.2) is 0 Å². The Morgan fingerprint density at radius 2 is 2.00 bits per heavy atom. The third kappa shape index (κ3) is 2.49. The minimum Gasteiger partial charge on any atom is -0.380 e. The molecule has 0 bridgehead atoms. The molecule has 3 aliphatic heterocycles. The highest BCUT2D eigenvalue weighted by atomic mass is 16.5. The first-order chi connectivity index (χ1) is 10.3. The lowest BCUT2D eigenvalue weighted by atomic mass is 9.77. The van der Waals surface area contributed by atoms with Crippen LogP contribution in [-0.2, 0) is 14.3 Å². The molecular formula is C16H26N2O3. The number of rotatable bonds is 3. The van der Waals surface area contributed by atoms with E-state index < -0.39 is 0 Å². The molecule has 1 aliphatic carbocycles. The Labute approximate surface area is 126 Å². The summed E-state index contributed by atoms with van der Waals surface area (Å²) < 4.78 is 11.1. The topological polar surface area (TPSA) is 42.0 Å². The largest absolute Gasteiger partial charge is 0.380 e. The van der Waals surface area contributed by atoms with Crippen molar-refractivity contribution in [2.24, 2.45) is 11.3 Å². The standard InChI is InChI=1S/C16H26N2O3/c19-15(17-4-6-20-7-5-17)8-16-11-18(14-2-1-3-14)9-13(16)10-21-12-16/h13-14H,1-12H2/t13-,16+/m1/s1. The fourth-order valence-corrected chi connectivity index (χ4v) is 4.38. The van der Waals surface area contributed by atoms with Crippen LogP contribution in [0.25, 0.3) is 0 Å². The van der Waals surface area contributed by atoms with Gasteiger partial charge in [-0.05, 0) is 12.8 Å². The molecular weight excluding hydrogens is 268 g/mol. The van der Waals surface area contributed by atoms with E-state index in [4.69, 9.17) is 9.47 Å². The second-order valence-corrected chi connectivity index (χ2v) is 7.26.